The molecule has 0 aliphatic rings. The molecule has 1 aromatic heterocycles. The third-order valence-corrected chi connectivity index (χ3v) is 5.33. The van der Waals surface area contributed by atoms with Crippen LogP contribution < -0.4 is 5.32 Å². The molecule has 0 spiro atoms. The number of halogens is 1. The number of carbonyl (C=O) groups excluding carboxylic acids is 2. The zero-order chi connectivity index (χ0) is 16.8. The van der Waals surface area contributed by atoms with Crippen LogP contribution in [-0.2, 0) is 14.3 Å². The lowest BCUT2D eigenvalue weighted by Gasteiger charge is -2.08. The first-order chi connectivity index (χ1) is 11.0. The number of nitrogens with one attached hydrogen (secondary N) is 1. The van der Waals surface area contributed by atoms with Crippen molar-refractivity contribution in [1.29, 1.82) is 0 Å². The SMILES string of the molecule is COC(=O)CSC(C)C(=O)Nc1nnc(-c2ccc(Br)cc2)s1. The number of benzene rings is 1. The molecule has 0 bridgehead atoms. The number of rotatable bonds is 6. The summed E-state index contributed by atoms with van der Waals surface area (Å²) in [5, 5.41) is 11.5. The molecular weight excluding hydrogens is 402 g/mol. The van der Waals surface area contributed by atoms with Gasteiger partial charge in [0.2, 0.25) is 11.0 Å². The van der Waals surface area contributed by atoms with Gasteiger partial charge < -0.3 is 4.74 Å². The number of nitrogens with zero attached hydrogens (tertiary/aromatic N) is 2. The van der Waals surface area contributed by atoms with Gasteiger partial charge in [-0.15, -0.1) is 22.0 Å². The fraction of sp³-hybridized carbons (Fsp3) is 0.286. The highest BCUT2D eigenvalue weighted by Crippen LogP contribution is 2.27. The highest BCUT2D eigenvalue weighted by Gasteiger charge is 2.17. The summed E-state index contributed by atoms with van der Waals surface area (Å²) in [7, 11) is 1.32. The third-order valence-electron chi connectivity index (χ3n) is 2.79. The minimum Gasteiger partial charge on any atom is -0.468 e. The fourth-order valence-electron chi connectivity index (χ4n) is 1.52. The summed E-state index contributed by atoms with van der Waals surface area (Å²) in [5.41, 5.74) is 0.930. The Bertz CT molecular complexity index is 691. The smallest absolute Gasteiger partial charge is 0.315 e. The van der Waals surface area contributed by atoms with E-state index in [-0.39, 0.29) is 17.6 Å². The molecule has 122 valence electrons. The third kappa shape index (κ3) is 5.29. The minimum absolute atomic E-state index is 0.130. The van der Waals surface area contributed by atoms with Crippen molar-refractivity contribution in [1.82, 2.24) is 10.2 Å². The molecule has 9 heteroatoms. The number of hydrogen-bond acceptors (Lipinski definition) is 7. The second-order valence-corrected chi connectivity index (χ2v) is 7.66. The van der Waals surface area contributed by atoms with E-state index in [2.05, 4.69) is 36.2 Å². The number of methoxy groups -OCH3 is 1. The van der Waals surface area contributed by atoms with Crippen LogP contribution in [-0.4, -0.2) is 40.2 Å². The Kier molecular flexibility index (Phi) is 6.55. The molecule has 1 atom stereocenters. The van der Waals surface area contributed by atoms with Gasteiger partial charge in [0.1, 0.15) is 5.01 Å². The number of aromatic nitrogens is 2. The molecule has 0 fully saturated rings. The van der Waals surface area contributed by atoms with Gasteiger partial charge in [-0.2, -0.15) is 0 Å². The first kappa shape index (κ1) is 17.9. The lowest BCUT2D eigenvalue weighted by molar-refractivity contribution is -0.137. The largest absolute Gasteiger partial charge is 0.468 e. The molecule has 1 N–H and O–H groups in total. The average Bonchev–Trinajstić information content (AvgIpc) is 3.01. The van der Waals surface area contributed by atoms with E-state index in [9.17, 15) is 9.59 Å². The van der Waals surface area contributed by atoms with E-state index in [1.54, 1.807) is 6.92 Å². The van der Waals surface area contributed by atoms with Crippen molar-refractivity contribution < 1.29 is 14.3 Å². The Morgan fingerprint density at radius 2 is 2.04 bits per heavy atom. The number of anilines is 1. The lowest BCUT2D eigenvalue weighted by atomic mass is 10.2. The quantitative estimate of drug-likeness (QED) is 0.729. The number of esters is 1. The molecule has 0 saturated heterocycles. The molecule has 23 heavy (non-hydrogen) atoms. The summed E-state index contributed by atoms with van der Waals surface area (Å²) >= 11 is 5.88. The molecule has 1 unspecified atom stereocenters. The Hall–Kier alpha value is -1.45. The summed E-state index contributed by atoms with van der Waals surface area (Å²) in [6.07, 6.45) is 0. The second-order valence-electron chi connectivity index (χ2n) is 4.44. The molecule has 6 nitrogen and oxygen atoms in total. The molecule has 1 amide bonds. The highest BCUT2D eigenvalue weighted by atomic mass is 79.9. The maximum atomic E-state index is 12.1. The average molecular weight is 416 g/mol. The van der Waals surface area contributed by atoms with Gasteiger partial charge in [0.15, 0.2) is 0 Å². The minimum atomic E-state index is -0.394. The van der Waals surface area contributed by atoms with Crippen LogP contribution in [0, 0.1) is 0 Å². The highest BCUT2D eigenvalue weighted by molar-refractivity contribution is 9.10. The maximum Gasteiger partial charge on any atom is 0.315 e. The topological polar surface area (TPSA) is 81.2 Å². The number of hydrogen-bond donors (Lipinski definition) is 1. The first-order valence-corrected chi connectivity index (χ1v) is 9.24. The summed E-state index contributed by atoms with van der Waals surface area (Å²) in [4.78, 5) is 23.1. The van der Waals surface area contributed by atoms with E-state index in [0.29, 0.717) is 5.13 Å². The monoisotopic (exact) mass is 415 g/mol. The summed E-state index contributed by atoms with van der Waals surface area (Å²) in [5.74, 6) is -0.453. The van der Waals surface area contributed by atoms with Gasteiger partial charge >= 0.3 is 5.97 Å². The van der Waals surface area contributed by atoms with E-state index < -0.39 is 5.25 Å². The lowest BCUT2D eigenvalue weighted by Crippen LogP contribution is -2.23. The Balaban J connectivity index is 1.94. The van der Waals surface area contributed by atoms with Crippen molar-refractivity contribution in [2.24, 2.45) is 0 Å². The van der Waals surface area contributed by atoms with Crippen molar-refractivity contribution in [2.75, 3.05) is 18.2 Å². The van der Waals surface area contributed by atoms with Crippen LogP contribution in [0.3, 0.4) is 0 Å². The summed E-state index contributed by atoms with van der Waals surface area (Å²) in [6.45, 7) is 1.72. The van der Waals surface area contributed by atoms with Crippen LogP contribution in [0.15, 0.2) is 28.7 Å². The van der Waals surface area contributed by atoms with Gasteiger partial charge in [0.25, 0.3) is 0 Å². The van der Waals surface area contributed by atoms with Gasteiger partial charge in [0.05, 0.1) is 18.1 Å². The van der Waals surface area contributed by atoms with E-state index in [0.717, 1.165) is 15.0 Å². The van der Waals surface area contributed by atoms with Crippen LogP contribution in [0.2, 0.25) is 0 Å². The Labute approximate surface area is 150 Å². The first-order valence-electron chi connectivity index (χ1n) is 6.58. The molecule has 0 aliphatic heterocycles. The molecule has 1 heterocycles. The molecular formula is C14H14BrN3O3S2. The predicted octanol–water partition coefficient (Wildman–Crippen LogP) is 3.20. The number of thioether (sulfide) groups is 1. The van der Waals surface area contributed by atoms with Gasteiger partial charge in [-0.25, -0.2) is 0 Å². The molecule has 0 aliphatic carbocycles. The van der Waals surface area contributed by atoms with Crippen LogP contribution in [0.1, 0.15) is 6.92 Å². The van der Waals surface area contributed by atoms with Crippen molar-refractivity contribution >= 4 is 56.0 Å². The number of carbonyl (C=O) groups is 2. The van der Waals surface area contributed by atoms with Crippen molar-refractivity contribution in [2.45, 2.75) is 12.2 Å². The number of ether oxygens (including phenoxy) is 1. The van der Waals surface area contributed by atoms with Crippen molar-refractivity contribution in [3.63, 3.8) is 0 Å². The van der Waals surface area contributed by atoms with Crippen LogP contribution in [0.4, 0.5) is 5.13 Å². The summed E-state index contributed by atoms with van der Waals surface area (Å²) < 4.78 is 5.53. The standard InChI is InChI=1S/C14H14BrN3O3S2/c1-8(22-7-11(19)21-2)12(20)16-14-18-17-13(23-14)9-3-5-10(15)6-4-9/h3-6,8H,7H2,1-2H3,(H,16,18,20). The number of amides is 1. The van der Waals surface area contributed by atoms with E-state index >= 15 is 0 Å². The molecule has 2 aromatic rings. The molecule has 0 saturated carbocycles. The maximum absolute atomic E-state index is 12.1. The molecule has 1 aromatic carbocycles. The summed E-state index contributed by atoms with van der Waals surface area (Å²) in [6, 6.07) is 7.68. The van der Waals surface area contributed by atoms with Crippen molar-refractivity contribution in [3.05, 3.63) is 28.7 Å². The van der Waals surface area contributed by atoms with Crippen LogP contribution >= 0.6 is 39.0 Å². The van der Waals surface area contributed by atoms with Gasteiger partial charge in [-0.1, -0.05) is 39.4 Å². The predicted molar refractivity (Wildman–Crippen MR) is 95.6 cm³/mol. The van der Waals surface area contributed by atoms with Crippen LogP contribution in [0.5, 0.6) is 0 Å². The van der Waals surface area contributed by atoms with Crippen LogP contribution in [0.25, 0.3) is 10.6 Å². The Morgan fingerprint density at radius 1 is 1.35 bits per heavy atom. The van der Waals surface area contributed by atoms with Gasteiger partial charge in [0, 0.05) is 10.0 Å². The molecule has 2 rings (SSSR count). The van der Waals surface area contributed by atoms with Crippen molar-refractivity contribution in [3.8, 4) is 10.6 Å². The molecule has 0 radical (unpaired) electrons. The van der Waals surface area contributed by atoms with Gasteiger partial charge in [-0.05, 0) is 19.1 Å². The van der Waals surface area contributed by atoms with E-state index in [1.165, 1.54) is 30.2 Å². The van der Waals surface area contributed by atoms with Gasteiger partial charge in [-0.3, -0.25) is 14.9 Å². The van der Waals surface area contributed by atoms with E-state index in [4.69, 9.17) is 0 Å². The fourth-order valence-corrected chi connectivity index (χ4v) is 3.25. The second kappa shape index (κ2) is 8.42. The zero-order valence-electron chi connectivity index (χ0n) is 12.4. The normalized spacial score (nSPS) is 11.8. The zero-order valence-corrected chi connectivity index (χ0v) is 15.6. The van der Waals surface area contributed by atoms with E-state index in [1.807, 2.05) is 24.3 Å². The Morgan fingerprint density at radius 3 is 2.70 bits per heavy atom.